The van der Waals surface area contributed by atoms with Gasteiger partial charge in [-0.05, 0) is 69.0 Å². The van der Waals surface area contributed by atoms with Crippen LogP contribution in [0.3, 0.4) is 0 Å². The van der Waals surface area contributed by atoms with E-state index >= 15 is 0 Å². The predicted octanol–water partition coefficient (Wildman–Crippen LogP) is 3.49. The zero-order valence-corrected chi connectivity index (χ0v) is 15.7. The van der Waals surface area contributed by atoms with Crippen molar-refractivity contribution in [2.75, 3.05) is 5.73 Å². The lowest BCUT2D eigenvalue weighted by atomic mass is 10.2. The molecule has 3 rings (SSSR count). The molecule has 0 saturated carbocycles. The van der Waals surface area contributed by atoms with Crippen molar-refractivity contribution in [1.82, 2.24) is 14.4 Å². The highest BCUT2D eigenvalue weighted by atomic mass is 31.0. The Morgan fingerprint density at radius 3 is 2.12 bits per heavy atom. The molecular formula is C18H23N4OP-2. The number of hydrogen-bond donors (Lipinski definition) is 1. The van der Waals surface area contributed by atoms with Crippen LogP contribution in [-0.2, 0) is 0 Å². The maximum absolute atomic E-state index is 11.6. The van der Waals surface area contributed by atoms with Crippen LogP contribution in [0.15, 0.2) is 35.4 Å². The van der Waals surface area contributed by atoms with E-state index in [-0.39, 0.29) is 15.5 Å². The Morgan fingerprint density at radius 2 is 1.54 bits per heavy atom. The highest BCUT2D eigenvalue weighted by molar-refractivity contribution is 6.92. The highest BCUT2D eigenvalue weighted by Crippen LogP contribution is 2.08. The van der Waals surface area contributed by atoms with E-state index in [0.717, 1.165) is 22.5 Å². The number of aromatic nitrogens is 3. The second-order valence-electron chi connectivity index (χ2n) is 5.80. The molecule has 3 aromatic rings. The Morgan fingerprint density at radius 1 is 0.917 bits per heavy atom. The molecule has 0 aliphatic carbocycles. The van der Waals surface area contributed by atoms with Gasteiger partial charge in [0.2, 0.25) is 0 Å². The first kappa shape index (κ1) is 19.8. The van der Waals surface area contributed by atoms with E-state index in [1.165, 1.54) is 11.1 Å². The zero-order chi connectivity index (χ0) is 17.1. The van der Waals surface area contributed by atoms with Gasteiger partial charge in [0.05, 0.1) is 0 Å². The monoisotopic (exact) mass is 342 g/mol. The van der Waals surface area contributed by atoms with E-state index in [2.05, 4.69) is 9.97 Å². The summed E-state index contributed by atoms with van der Waals surface area (Å²) in [6.07, 6.45) is 3.62. The topological polar surface area (TPSA) is 73.3 Å². The first-order valence-electron chi connectivity index (χ1n) is 7.44. The van der Waals surface area contributed by atoms with Gasteiger partial charge < -0.3 is 15.6 Å². The van der Waals surface area contributed by atoms with Crippen molar-refractivity contribution in [2.24, 2.45) is 0 Å². The molecule has 0 unspecified atom stereocenters. The first-order valence-corrected chi connectivity index (χ1v) is 7.44. The number of anilines is 1. The largest absolute Gasteiger partial charge is 1.51 e. The van der Waals surface area contributed by atoms with Gasteiger partial charge in [0.1, 0.15) is 11.5 Å². The molecule has 128 valence electrons. The van der Waals surface area contributed by atoms with Gasteiger partial charge in [0.15, 0.2) is 0 Å². The summed E-state index contributed by atoms with van der Waals surface area (Å²) in [5, 5.41) is 0. The van der Waals surface area contributed by atoms with Gasteiger partial charge >= 0.3 is 0 Å². The molecule has 0 atom stereocenters. The summed E-state index contributed by atoms with van der Waals surface area (Å²) < 4.78 is 1.58. The normalized spacial score (nSPS) is 9.88. The van der Waals surface area contributed by atoms with Gasteiger partial charge in [-0.25, -0.2) is 9.97 Å². The molecule has 0 fully saturated rings. The van der Waals surface area contributed by atoms with Crippen molar-refractivity contribution in [1.29, 1.82) is 0 Å². The first-order chi connectivity index (χ1) is 10.8. The molecule has 24 heavy (non-hydrogen) atoms. The molecule has 2 N–H and O–H groups in total. The second-order valence-corrected chi connectivity index (χ2v) is 5.80. The van der Waals surface area contributed by atoms with Crippen LogP contribution in [0.2, 0.25) is 0 Å². The van der Waals surface area contributed by atoms with E-state index in [1.54, 1.807) is 16.7 Å². The van der Waals surface area contributed by atoms with E-state index in [9.17, 15) is 4.79 Å². The number of fused-ring (bicyclic) bond motifs is 1. The van der Waals surface area contributed by atoms with Crippen LogP contribution in [0.1, 0.15) is 27.9 Å². The maximum atomic E-state index is 11.6. The van der Waals surface area contributed by atoms with E-state index in [0.29, 0.717) is 5.82 Å². The molecule has 3 heterocycles. The summed E-state index contributed by atoms with van der Waals surface area (Å²) >= 11 is 0. The molecule has 0 radical (unpaired) electrons. The molecule has 6 heteroatoms. The Hall–Kier alpha value is -2.26. The van der Waals surface area contributed by atoms with Crippen LogP contribution < -0.4 is 11.3 Å². The Balaban J connectivity index is 0.000000252. The molecule has 0 aliphatic heterocycles. The predicted molar refractivity (Wildman–Crippen MR) is 102 cm³/mol. The number of aryl methyl sites for hydroxylation is 5. The summed E-state index contributed by atoms with van der Waals surface area (Å²) in [5.74, 6) is 0.595. The van der Waals surface area contributed by atoms with Gasteiger partial charge in [0.25, 0.3) is 5.56 Å². The molecule has 5 nitrogen and oxygen atoms in total. The average Bonchev–Trinajstić information content (AvgIpc) is 2.46. The molecule has 0 aliphatic rings. The summed E-state index contributed by atoms with van der Waals surface area (Å²) in [5.41, 5.74) is 11.5. The molecular weight excluding hydrogens is 319 g/mol. The van der Waals surface area contributed by atoms with Crippen molar-refractivity contribution in [3.8, 4) is 0 Å². The van der Waals surface area contributed by atoms with Crippen molar-refractivity contribution >= 4 is 21.4 Å². The summed E-state index contributed by atoms with van der Waals surface area (Å²) in [6, 6.07) is 5.35. The van der Waals surface area contributed by atoms with Crippen molar-refractivity contribution in [3.63, 3.8) is 0 Å². The molecule has 0 saturated heterocycles. The fourth-order valence-electron chi connectivity index (χ4n) is 2.11. The minimum absolute atomic E-state index is 0. The molecule has 0 aromatic carbocycles. The van der Waals surface area contributed by atoms with Crippen LogP contribution in [0.5, 0.6) is 0 Å². The van der Waals surface area contributed by atoms with Gasteiger partial charge in [-0.3, -0.25) is 9.20 Å². The number of nitrogens with two attached hydrogens (primary N) is 1. The summed E-state index contributed by atoms with van der Waals surface area (Å²) in [6.45, 7) is 9.87. The van der Waals surface area contributed by atoms with Gasteiger partial charge in [-0.15, -0.1) is 0 Å². The van der Waals surface area contributed by atoms with Crippen LogP contribution in [0, 0.1) is 34.6 Å². The van der Waals surface area contributed by atoms with Gasteiger partial charge in [-0.2, -0.15) is 0 Å². The summed E-state index contributed by atoms with van der Waals surface area (Å²) in [4.78, 5) is 19.8. The lowest BCUT2D eigenvalue weighted by Gasteiger charge is -2.04. The van der Waals surface area contributed by atoms with Crippen molar-refractivity contribution < 1.29 is 0 Å². The Kier molecular flexibility index (Phi) is 6.61. The van der Waals surface area contributed by atoms with Crippen LogP contribution in [0.25, 0.3) is 5.65 Å². The minimum Gasteiger partial charge on any atom is -1.51 e. The molecule has 0 spiro atoms. The van der Waals surface area contributed by atoms with Gasteiger partial charge in [0, 0.05) is 24.2 Å². The van der Waals surface area contributed by atoms with E-state index in [4.69, 9.17) is 5.73 Å². The van der Waals surface area contributed by atoms with Gasteiger partial charge in [-0.1, -0.05) is 0 Å². The lowest BCUT2D eigenvalue weighted by molar-refractivity contribution is 0.999. The third-order valence-electron chi connectivity index (χ3n) is 3.79. The number of nitrogen functional groups attached to an aromatic ring is 1. The zero-order valence-electron chi connectivity index (χ0n) is 14.7. The number of rotatable bonds is 0. The maximum Gasteiger partial charge on any atom is 0.258 e. The van der Waals surface area contributed by atoms with Crippen molar-refractivity contribution in [2.45, 2.75) is 34.6 Å². The number of hydrogen-bond acceptors (Lipinski definition) is 4. The Labute approximate surface area is 145 Å². The fraction of sp³-hybridized carbons (Fsp3) is 0.278. The van der Waals surface area contributed by atoms with E-state index < -0.39 is 0 Å². The molecule has 0 amide bonds. The molecule has 3 aromatic heterocycles. The number of nitrogens with zero attached hydrogens (tertiary/aromatic N) is 3. The summed E-state index contributed by atoms with van der Waals surface area (Å²) in [7, 11) is 0. The standard InChI is InChI=1S/C11H12N2O.C7H10N2.HP/c1-7-4-10-12-9(3)5-11(14)13(10)6-8(7)2;1-5-3-7(8)9-4-6(5)2;/h4-6H,1-3H3;3-4H,1-2H3,(H2,8,9);1H/q;;-2. The quantitative estimate of drug-likeness (QED) is 0.635. The van der Waals surface area contributed by atoms with Crippen LogP contribution in [-0.4, -0.2) is 14.4 Å². The average molecular weight is 342 g/mol. The fourth-order valence-corrected chi connectivity index (χ4v) is 2.11. The highest BCUT2D eigenvalue weighted by Gasteiger charge is 2.01. The molecule has 0 bridgehead atoms. The Bertz CT molecular complexity index is 919. The van der Waals surface area contributed by atoms with Crippen LogP contribution >= 0.6 is 9.90 Å². The second kappa shape index (κ2) is 8.02. The van der Waals surface area contributed by atoms with Crippen molar-refractivity contribution in [3.05, 3.63) is 68.9 Å². The number of pyridine rings is 2. The third kappa shape index (κ3) is 4.62. The lowest BCUT2D eigenvalue weighted by Crippen LogP contribution is -2.15. The van der Waals surface area contributed by atoms with Crippen LogP contribution in [0.4, 0.5) is 5.82 Å². The smallest absolute Gasteiger partial charge is 0.258 e. The third-order valence-corrected chi connectivity index (χ3v) is 3.79. The van der Waals surface area contributed by atoms with E-state index in [1.807, 2.05) is 52.9 Å². The SMILES string of the molecule is Cc1cc(=O)n2cc(C)c(C)cc2n1.Cc1cnc(N)cc1C.[PH-2]. The minimum atomic E-state index is -0.0180.